The SMILES string of the molecule is C=CCCC(=O)OCC(Cc1ccccc1)NC(=O)C(CC=C)CC(=O)NC1(CO)CCCC1. The van der Waals surface area contributed by atoms with Crippen molar-refractivity contribution in [1.82, 2.24) is 10.6 Å². The van der Waals surface area contributed by atoms with Gasteiger partial charge >= 0.3 is 5.97 Å². The molecule has 1 aliphatic carbocycles. The van der Waals surface area contributed by atoms with E-state index in [1.165, 1.54) is 0 Å². The van der Waals surface area contributed by atoms with E-state index in [1.54, 1.807) is 12.2 Å². The van der Waals surface area contributed by atoms with Crippen molar-refractivity contribution in [2.45, 2.75) is 69.4 Å². The molecule has 0 heterocycles. The van der Waals surface area contributed by atoms with Gasteiger partial charge in [-0.05, 0) is 37.7 Å². The molecule has 1 fully saturated rings. The number of nitrogens with one attached hydrogen (secondary N) is 2. The highest BCUT2D eigenvalue weighted by Crippen LogP contribution is 2.29. The van der Waals surface area contributed by atoms with Crippen molar-refractivity contribution in [3.05, 3.63) is 61.2 Å². The van der Waals surface area contributed by atoms with Gasteiger partial charge in [-0.1, -0.05) is 55.3 Å². The summed E-state index contributed by atoms with van der Waals surface area (Å²) >= 11 is 0. The second-order valence-electron chi connectivity index (χ2n) is 9.02. The number of ether oxygens (including phenoxy) is 1. The van der Waals surface area contributed by atoms with Gasteiger partial charge in [-0.3, -0.25) is 14.4 Å². The van der Waals surface area contributed by atoms with Gasteiger partial charge < -0.3 is 20.5 Å². The van der Waals surface area contributed by atoms with Crippen molar-refractivity contribution in [2.75, 3.05) is 13.2 Å². The zero-order valence-electron chi connectivity index (χ0n) is 20.0. The first kappa shape index (κ1) is 27.3. The van der Waals surface area contributed by atoms with E-state index in [9.17, 15) is 19.5 Å². The van der Waals surface area contributed by atoms with Crippen molar-refractivity contribution >= 4 is 17.8 Å². The van der Waals surface area contributed by atoms with Gasteiger partial charge in [0.15, 0.2) is 0 Å². The highest BCUT2D eigenvalue weighted by atomic mass is 16.5. The molecule has 7 heteroatoms. The van der Waals surface area contributed by atoms with Crippen LogP contribution in [-0.2, 0) is 25.5 Å². The van der Waals surface area contributed by atoms with Gasteiger partial charge in [0.05, 0.1) is 24.1 Å². The molecule has 7 nitrogen and oxygen atoms in total. The summed E-state index contributed by atoms with van der Waals surface area (Å²) < 4.78 is 5.39. The fourth-order valence-corrected chi connectivity index (χ4v) is 4.28. The molecule has 2 unspecified atom stereocenters. The minimum absolute atomic E-state index is 0.00319. The molecule has 1 aromatic rings. The van der Waals surface area contributed by atoms with E-state index >= 15 is 0 Å². The van der Waals surface area contributed by atoms with Crippen molar-refractivity contribution in [1.29, 1.82) is 0 Å². The number of rotatable bonds is 15. The number of allylic oxidation sites excluding steroid dienone is 2. The summed E-state index contributed by atoms with van der Waals surface area (Å²) in [5.74, 6) is -1.50. The van der Waals surface area contributed by atoms with Crippen molar-refractivity contribution < 1.29 is 24.2 Å². The standard InChI is InChI=1S/C27H38N2O5/c1-3-5-14-25(32)34-19-23(17-21-12-7-6-8-13-21)28-26(33)22(11-4-2)18-24(31)29-27(20-30)15-9-10-16-27/h3-4,6-8,12-13,22-23,30H,1-2,5,9-11,14-20H2,(H,28,33)(H,29,31). The number of carbonyl (C=O) groups is 3. The van der Waals surface area contributed by atoms with E-state index in [2.05, 4.69) is 23.8 Å². The normalized spacial score (nSPS) is 16.1. The summed E-state index contributed by atoms with van der Waals surface area (Å²) in [6.07, 6.45) is 8.27. The predicted molar refractivity (Wildman–Crippen MR) is 132 cm³/mol. The molecule has 1 saturated carbocycles. The molecule has 186 valence electrons. The van der Waals surface area contributed by atoms with Gasteiger partial charge in [0.2, 0.25) is 11.8 Å². The van der Waals surface area contributed by atoms with Crippen molar-refractivity contribution in [3.8, 4) is 0 Å². The highest BCUT2D eigenvalue weighted by molar-refractivity contribution is 5.86. The van der Waals surface area contributed by atoms with Crippen LogP contribution in [0, 0.1) is 5.92 Å². The van der Waals surface area contributed by atoms with Crippen LogP contribution in [0.25, 0.3) is 0 Å². The molecule has 3 N–H and O–H groups in total. The molecular formula is C27H38N2O5. The lowest BCUT2D eigenvalue weighted by Gasteiger charge is -2.29. The number of carbonyl (C=O) groups excluding carboxylic acids is 3. The van der Waals surface area contributed by atoms with E-state index in [4.69, 9.17) is 4.74 Å². The molecular weight excluding hydrogens is 432 g/mol. The second kappa shape index (κ2) is 14.4. The Morgan fingerprint density at radius 1 is 1.12 bits per heavy atom. The first-order chi connectivity index (χ1) is 16.4. The van der Waals surface area contributed by atoms with Crippen molar-refractivity contribution in [2.24, 2.45) is 5.92 Å². The third-order valence-electron chi connectivity index (χ3n) is 6.19. The molecule has 0 aliphatic heterocycles. The number of aliphatic hydroxyl groups excluding tert-OH is 1. The number of benzene rings is 1. The number of amides is 2. The molecule has 2 amide bonds. The van der Waals surface area contributed by atoms with E-state index in [0.717, 1.165) is 31.2 Å². The van der Waals surface area contributed by atoms with E-state index in [0.29, 0.717) is 19.3 Å². The van der Waals surface area contributed by atoms with Crippen LogP contribution in [0.3, 0.4) is 0 Å². The fraction of sp³-hybridized carbons (Fsp3) is 0.519. The molecule has 0 spiro atoms. The number of hydrogen-bond acceptors (Lipinski definition) is 5. The lowest BCUT2D eigenvalue weighted by atomic mass is 9.95. The van der Waals surface area contributed by atoms with Crippen LogP contribution in [-0.4, -0.2) is 47.7 Å². The Kier molecular flexibility index (Phi) is 11.5. The number of esters is 1. The Bertz CT molecular complexity index is 818. The average molecular weight is 471 g/mol. The number of aliphatic hydroxyl groups is 1. The largest absolute Gasteiger partial charge is 0.463 e. The topological polar surface area (TPSA) is 105 Å². The Labute approximate surface area is 202 Å². The lowest BCUT2D eigenvalue weighted by Crippen LogP contribution is -2.50. The maximum atomic E-state index is 13.1. The zero-order valence-corrected chi connectivity index (χ0v) is 20.0. The first-order valence-corrected chi connectivity index (χ1v) is 12.0. The number of hydrogen-bond donors (Lipinski definition) is 3. The minimum atomic E-state index is -0.607. The molecule has 34 heavy (non-hydrogen) atoms. The molecule has 2 atom stereocenters. The predicted octanol–water partition coefficient (Wildman–Crippen LogP) is 3.23. The van der Waals surface area contributed by atoms with Crippen LogP contribution >= 0.6 is 0 Å². The van der Waals surface area contributed by atoms with Crippen molar-refractivity contribution in [3.63, 3.8) is 0 Å². The van der Waals surface area contributed by atoms with Crippen LogP contribution in [0.5, 0.6) is 0 Å². The van der Waals surface area contributed by atoms with Crippen LogP contribution in [0.1, 0.15) is 56.9 Å². The third kappa shape index (κ3) is 9.14. The zero-order chi connectivity index (χ0) is 24.8. The quantitative estimate of drug-likeness (QED) is 0.270. The molecule has 0 bridgehead atoms. The van der Waals surface area contributed by atoms with Gasteiger partial charge in [-0.2, -0.15) is 0 Å². The van der Waals surface area contributed by atoms with Gasteiger partial charge in [0, 0.05) is 12.8 Å². The molecule has 0 aromatic heterocycles. The van der Waals surface area contributed by atoms with Gasteiger partial charge in [-0.15, -0.1) is 13.2 Å². The van der Waals surface area contributed by atoms with Gasteiger partial charge in [-0.25, -0.2) is 0 Å². The molecule has 0 radical (unpaired) electrons. The Morgan fingerprint density at radius 3 is 2.44 bits per heavy atom. The summed E-state index contributed by atoms with van der Waals surface area (Å²) in [5.41, 5.74) is 0.418. The summed E-state index contributed by atoms with van der Waals surface area (Å²) in [6, 6.07) is 9.20. The minimum Gasteiger partial charge on any atom is -0.463 e. The molecule has 2 rings (SSSR count). The maximum Gasteiger partial charge on any atom is 0.306 e. The Hall–Kier alpha value is -2.93. The van der Waals surface area contributed by atoms with Crippen LogP contribution < -0.4 is 10.6 Å². The Morgan fingerprint density at radius 2 is 1.82 bits per heavy atom. The molecule has 0 saturated heterocycles. The van der Waals surface area contributed by atoms with E-state index in [1.807, 2.05) is 30.3 Å². The average Bonchev–Trinajstić information content (AvgIpc) is 3.30. The smallest absolute Gasteiger partial charge is 0.306 e. The summed E-state index contributed by atoms with van der Waals surface area (Å²) in [4.78, 5) is 37.8. The second-order valence-corrected chi connectivity index (χ2v) is 9.02. The maximum absolute atomic E-state index is 13.1. The Balaban J connectivity index is 2.02. The van der Waals surface area contributed by atoms with E-state index < -0.39 is 17.5 Å². The van der Waals surface area contributed by atoms with Crippen LogP contribution in [0.4, 0.5) is 0 Å². The molecule has 1 aromatic carbocycles. The summed E-state index contributed by atoms with van der Waals surface area (Å²) in [5, 5.41) is 15.7. The first-order valence-electron chi connectivity index (χ1n) is 12.0. The molecule has 1 aliphatic rings. The van der Waals surface area contributed by atoms with Gasteiger partial charge in [0.1, 0.15) is 6.61 Å². The van der Waals surface area contributed by atoms with Gasteiger partial charge in [0.25, 0.3) is 0 Å². The lowest BCUT2D eigenvalue weighted by molar-refractivity contribution is -0.145. The van der Waals surface area contributed by atoms with E-state index in [-0.39, 0.29) is 43.8 Å². The van der Waals surface area contributed by atoms with Crippen LogP contribution in [0.15, 0.2) is 55.6 Å². The monoisotopic (exact) mass is 470 g/mol. The van der Waals surface area contributed by atoms with Crippen LogP contribution in [0.2, 0.25) is 0 Å². The summed E-state index contributed by atoms with van der Waals surface area (Å²) in [7, 11) is 0. The fourth-order valence-electron chi connectivity index (χ4n) is 4.28. The summed E-state index contributed by atoms with van der Waals surface area (Å²) in [6.45, 7) is 7.27. The highest BCUT2D eigenvalue weighted by Gasteiger charge is 2.35. The third-order valence-corrected chi connectivity index (χ3v) is 6.19.